The molecule has 3 amide bonds. The van der Waals surface area contributed by atoms with Crippen molar-refractivity contribution in [1.29, 1.82) is 0 Å². The highest BCUT2D eigenvalue weighted by Gasteiger charge is 2.32. The van der Waals surface area contributed by atoms with Gasteiger partial charge in [-0.15, -0.1) is 0 Å². The number of imide groups is 1. The van der Waals surface area contributed by atoms with E-state index < -0.39 is 11.8 Å². The highest BCUT2D eigenvalue weighted by atomic mass is 16.6. The first kappa shape index (κ1) is 12.8. The fourth-order valence-corrected chi connectivity index (χ4v) is 1.98. The van der Waals surface area contributed by atoms with Crippen molar-refractivity contribution in [2.75, 3.05) is 18.1 Å². The molecule has 0 bridgehead atoms. The van der Waals surface area contributed by atoms with Crippen molar-refractivity contribution < 1.29 is 19.0 Å². The van der Waals surface area contributed by atoms with E-state index in [0.29, 0.717) is 11.3 Å². The van der Waals surface area contributed by atoms with Crippen LogP contribution in [-0.4, -0.2) is 40.0 Å². The van der Waals surface area contributed by atoms with E-state index >= 15 is 0 Å². The Morgan fingerprint density at radius 2 is 1.95 bits per heavy atom. The summed E-state index contributed by atoms with van der Waals surface area (Å²) in [7, 11) is 1.39. The highest BCUT2D eigenvalue weighted by molar-refractivity contribution is 6.21. The van der Waals surface area contributed by atoms with Gasteiger partial charge in [-0.2, -0.15) is 0 Å². The summed E-state index contributed by atoms with van der Waals surface area (Å²) >= 11 is 0. The average molecular weight is 287 g/mol. The van der Waals surface area contributed by atoms with Gasteiger partial charge in [0.2, 0.25) is 11.5 Å². The highest BCUT2D eigenvalue weighted by Crippen LogP contribution is 2.25. The minimum absolute atomic E-state index is 0.139. The van der Waals surface area contributed by atoms with E-state index in [1.165, 1.54) is 25.2 Å². The summed E-state index contributed by atoms with van der Waals surface area (Å²) in [6, 6.07) is 4.39. The maximum Gasteiger partial charge on any atom is 0.281 e. The van der Waals surface area contributed by atoms with E-state index in [1.807, 2.05) is 0 Å². The number of carbonyl (C=O) groups excluding carboxylic acids is 3. The van der Waals surface area contributed by atoms with Gasteiger partial charge in [0.1, 0.15) is 0 Å². The number of carbonyl (C=O) groups is 3. The molecule has 0 saturated heterocycles. The fourth-order valence-electron chi connectivity index (χ4n) is 1.98. The Hall–Kier alpha value is -3.23. The summed E-state index contributed by atoms with van der Waals surface area (Å²) in [5, 5.41) is 9.17. The van der Waals surface area contributed by atoms with Gasteiger partial charge in [0.15, 0.2) is 0 Å². The van der Waals surface area contributed by atoms with Crippen LogP contribution in [0.3, 0.4) is 0 Å². The Balaban J connectivity index is 1.89. The lowest BCUT2D eigenvalue weighted by Crippen LogP contribution is -2.24. The minimum atomic E-state index is -0.626. The number of aromatic nitrogens is 2. The second kappa shape index (κ2) is 4.40. The molecule has 0 fully saturated rings. The number of benzene rings is 1. The molecule has 0 unspecified atom stereocenters. The largest absolute Gasteiger partial charge is 0.379 e. The van der Waals surface area contributed by atoms with Crippen molar-refractivity contribution in [1.82, 2.24) is 15.2 Å². The van der Waals surface area contributed by atoms with Crippen molar-refractivity contribution in [3.63, 3.8) is 0 Å². The zero-order valence-corrected chi connectivity index (χ0v) is 10.8. The zero-order chi connectivity index (χ0) is 15.1. The maximum atomic E-state index is 11.9. The summed E-state index contributed by atoms with van der Waals surface area (Å²) in [5.74, 6) is -1.56. The molecular formula is C12H9N5O4. The predicted molar refractivity (Wildman–Crippen MR) is 69.5 cm³/mol. The molecule has 0 spiro atoms. The van der Waals surface area contributed by atoms with Crippen LogP contribution in [0.5, 0.6) is 0 Å². The molecule has 0 saturated carbocycles. The number of nitrogens with two attached hydrogens (primary N) is 1. The average Bonchev–Trinajstić information content (AvgIpc) is 2.98. The zero-order valence-electron chi connectivity index (χ0n) is 10.8. The van der Waals surface area contributed by atoms with Gasteiger partial charge in [-0.1, -0.05) is 0 Å². The smallest absolute Gasteiger partial charge is 0.281 e. The molecule has 1 aliphatic rings. The van der Waals surface area contributed by atoms with Gasteiger partial charge in [0.05, 0.1) is 11.1 Å². The number of fused-ring (bicyclic) bond motifs is 1. The van der Waals surface area contributed by atoms with Crippen molar-refractivity contribution >= 4 is 29.2 Å². The molecule has 3 rings (SSSR count). The van der Waals surface area contributed by atoms with Gasteiger partial charge in [0.25, 0.3) is 17.7 Å². The molecule has 2 aromatic rings. The van der Waals surface area contributed by atoms with E-state index in [2.05, 4.69) is 20.3 Å². The van der Waals surface area contributed by atoms with Crippen LogP contribution in [0.4, 0.5) is 11.5 Å². The van der Waals surface area contributed by atoms with Crippen molar-refractivity contribution in [3.8, 4) is 0 Å². The normalized spacial score (nSPS) is 13.5. The molecule has 0 radical (unpaired) electrons. The first-order valence-electron chi connectivity index (χ1n) is 5.85. The van der Waals surface area contributed by atoms with Crippen LogP contribution < -0.4 is 11.1 Å². The second-order valence-corrected chi connectivity index (χ2v) is 4.38. The van der Waals surface area contributed by atoms with Gasteiger partial charge in [-0.05, 0) is 28.5 Å². The van der Waals surface area contributed by atoms with E-state index in [0.717, 1.165) is 4.90 Å². The lowest BCUT2D eigenvalue weighted by atomic mass is 10.1. The van der Waals surface area contributed by atoms with Crippen LogP contribution in [0.25, 0.3) is 0 Å². The minimum Gasteiger partial charge on any atom is -0.379 e. The topological polar surface area (TPSA) is 131 Å². The van der Waals surface area contributed by atoms with Crippen LogP contribution in [0.1, 0.15) is 31.2 Å². The molecule has 1 aromatic carbocycles. The lowest BCUT2D eigenvalue weighted by Gasteiger charge is -2.04. The number of nitrogens with one attached hydrogen (secondary N) is 1. The van der Waals surface area contributed by atoms with Crippen molar-refractivity contribution in [3.05, 3.63) is 35.0 Å². The number of nitrogens with zero attached hydrogens (tertiary/aromatic N) is 3. The molecule has 0 aliphatic carbocycles. The van der Waals surface area contributed by atoms with Crippen LogP contribution >= 0.6 is 0 Å². The molecule has 21 heavy (non-hydrogen) atoms. The van der Waals surface area contributed by atoms with Crippen molar-refractivity contribution in [2.45, 2.75) is 0 Å². The Morgan fingerprint density at radius 1 is 1.24 bits per heavy atom. The first-order chi connectivity index (χ1) is 9.99. The molecule has 3 N–H and O–H groups in total. The maximum absolute atomic E-state index is 11.9. The molecule has 106 valence electrons. The summed E-state index contributed by atoms with van der Waals surface area (Å²) in [4.78, 5) is 36.5. The number of hydrogen-bond donors (Lipinski definition) is 2. The fraction of sp³-hybridized carbons (Fsp3) is 0.0833. The van der Waals surface area contributed by atoms with E-state index in [4.69, 9.17) is 5.73 Å². The Labute approximate surface area is 117 Å². The quantitative estimate of drug-likeness (QED) is 0.750. The number of rotatable bonds is 2. The molecule has 1 aliphatic heterocycles. The Bertz CT molecular complexity index is 782. The monoisotopic (exact) mass is 287 g/mol. The number of nitrogen functional groups attached to an aromatic ring is 1. The third kappa shape index (κ3) is 1.91. The van der Waals surface area contributed by atoms with E-state index in [1.54, 1.807) is 0 Å². The first-order valence-corrected chi connectivity index (χ1v) is 5.85. The van der Waals surface area contributed by atoms with E-state index in [-0.39, 0.29) is 23.0 Å². The van der Waals surface area contributed by atoms with Gasteiger partial charge in [-0.25, -0.2) is 4.63 Å². The van der Waals surface area contributed by atoms with E-state index in [9.17, 15) is 14.4 Å². The number of amides is 3. The molecule has 2 heterocycles. The van der Waals surface area contributed by atoms with Gasteiger partial charge >= 0.3 is 0 Å². The number of anilines is 2. The lowest BCUT2D eigenvalue weighted by molar-refractivity contribution is 0.0692. The van der Waals surface area contributed by atoms with Gasteiger partial charge in [-0.3, -0.25) is 19.3 Å². The van der Waals surface area contributed by atoms with Gasteiger partial charge in [0, 0.05) is 12.7 Å². The third-order valence-corrected chi connectivity index (χ3v) is 3.08. The molecule has 1 aromatic heterocycles. The van der Waals surface area contributed by atoms with Crippen LogP contribution in [-0.2, 0) is 0 Å². The predicted octanol–water partition coefficient (Wildman–Crippen LogP) is 0.130. The Kier molecular flexibility index (Phi) is 2.68. The number of hydrogen-bond acceptors (Lipinski definition) is 7. The summed E-state index contributed by atoms with van der Waals surface area (Å²) in [5.41, 5.74) is 6.11. The SMILES string of the molecule is CN1C(=O)c2ccc(NC(=O)c3nonc3N)cc2C1=O. The summed E-state index contributed by atoms with van der Waals surface area (Å²) in [6.45, 7) is 0. The van der Waals surface area contributed by atoms with Crippen LogP contribution in [0, 0.1) is 0 Å². The second-order valence-electron chi connectivity index (χ2n) is 4.38. The van der Waals surface area contributed by atoms with Crippen LogP contribution in [0.15, 0.2) is 22.8 Å². The summed E-state index contributed by atoms with van der Waals surface area (Å²) < 4.78 is 4.33. The standard InChI is InChI=1S/C12H9N5O4/c1-17-11(19)6-3-2-5(4-7(6)12(17)20)14-10(18)8-9(13)16-21-15-8/h2-4H,1H3,(H2,13,16)(H,14,18). The molecule has 9 nitrogen and oxygen atoms in total. The van der Waals surface area contributed by atoms with Crippen molar-refractivity contribution in [2.24, 2.45) is 0 Å². The molecule has 9 heteroatoms. The van der Waals surface area contributed by atoms with Crippen LogP contribution in [0.2, 0.25) is 0 Å². The molecule has 0 atom stereocenters. The third-order valence-electron chi connectivity index (χ3n) is 3.08. The molecular weight excluding hydrogens is 278 g/mol. The Morgan fingerprint density at radius 3 is 2.62 bits per heavy atom. The summed E-state index contributed by atoms with van der Waals surface area (Å²) in [6.07, 6.45) is 0. The van der Waals surface area contributed by atoms with Gasteiger partial charge < -0.3 is 11.1 Å².